The molecule has 0 radical (unpaired) electrons. The van der Waals surface area contributed by atoms with Crippen LogP contribution in [-0.4, -0.2) is 10.1 Å². The summed E-state index contributed by atoms with van der Waals surface area (Å²) in [5.74, 6) is 0. The molecule has 2 heterocycles. The van der Waals surface area contributed by atoms with E-state index >= 15 is 0 Å². The normalized spacial score (nSPS) is 12.7. The van der Waals surface area contributed by atoms with E-state index in [4.69, 9.17) is 0 Å². The van der Waals surface area contributed by atoms with Crippen molar-refractivity contribution in [2.24, 2.45) is 0 Å². The highest BCUT2D eigenvalue weighted by molar-refractivity contribution is 7.10. The lowest BCUT2D eigenvalue weighted by Crippen LogP contribution is -1.97. The first-order chi connectivity index (χ1) is 6.77. The summed E-state index contributed by atoms with van der Waals surface area (Å²) in [6.07, 6.45) is 2.95. The average molecular weight is 205 g/mol. The molecule has 0 aromatic carbocycles. The van der Waals surface area contributed by atoms with Crippen LogP contribution in [0.4, 0.5) is 0 Å². The number of aliphatic hydroxyl groups is 1. The lowest BCUT2D eigenvalue weighted by Gasteiger charge is -2.08. The molecular weight excluding hydrogens is 194 g/mol. The number of aromatic nitrogens is 1. The summed E-state index contributed by atoms with van der Waals surface area (Å²) < 4.78 is 0. The molecule has 0 aliphatic heterocycles. The molecule has 14 heavy (non-hydrogen) atoms. The zero-order valence-electron chi connectivity index (χ0n) is 7.84. The van der Waals surface area contributed by atoms with Crippen LogP contribution in [0.15, 0.2) is 36.0 Å². The Hall–Kier alpha value is -1.19. The van der Waals surface area contributed by atoms with Gasteiger partial charge >= 0.3 is 0 Å². The van der Waals surface area contributed by atoms with E-state index < -0.39 is 6.10 Å². The Kier molecular flexibility index (Phi) is 2.61. The number of pyridine rings is 1. The van der Waals surface area contributed by atoms with Gasteiger partial charge in [0.15, 0.2) is 0 Å². The van der Waals surface area contributed by atoms with Crippen LogP contribution in [0.2, 0.25) is 0 Å². The van der Waals surface area contributed by atoms with Crippen molar-refractivity contribution in [3.8, 4) is 0 Å². The summed E-state index contributed by atoms with van der Waals surface area (Å²) in [6, 6.07) is 5.82. The van der Waals surface area contributed by atoms with Crippen LogP contribution in [0.5, 0.6) is 0 Å². The van der Waals surface area contributed by atoms with Gasteiger partial charge in [0.1, 0.15) is 6.10 Å². The molecule has 0 spiro atoms. The van der Waals surface area contributed by atoms with E-state index in [0.29, 0.717) is 0 Å². The molecule has 2 rings (SSSR count). The van der Waals surface area contributed by atoms with E-state index in [2.05, 4.69) is 4.98 Å². The van der Waals surface area contributed by atoms with Gasteiger partial charge in [0.2, 0.25) is 0 Å². The van der Waals surface area contributed by atoms with Crippen LogP contribution in [0.25, 0.3) is 0 Å². The summed E-state index contributed by atoms with van der Waals surface area (Å²) >= 11 is 1.55. The zero-order valence-corrected chi connectivity index (χ0v) is 8.66. The Morgan fingerprint density at radius 1 is 1.43 bits per heavy atom. The summed E-state index contributed by atoms with van der Waals surface area (Å²) in [4.78, 5) is 5.02. The van der Waals surface area contributed by atoms with Crippen molar-refractivity contribution in [1.82, 2.24) is 4.98 Å². The van der Waals surface area contributed by atoms with Gasteiger partial charge in [-0.1, -0.05) is 12.1 Å². The number of rotatable bonds is 2. The first kappa shape index (κ1) is 9.37. The minimum absolute atomic E-state index is 0.539. The lowest BCUT2D eigenvalue weighted by molar-refractivity contribution is 0.223. The second-order valence-electron chi connectivity index (χ2n) is 3.21. The second-order valence-corrected chi connectivity index (χ2v) is 4.19. The molecule has 0 saturated carbocycles. The topological polar surface area (TPSA) is 33.1 Å². The highest BCUT2D eigenvalue weighted by atomic mass is 32.1. The minimum Gasteiger partial charge on any atom is -0.383 e. The molecule has 0 bridgehead atoms. The maximum atomic E-state index is 9.98. The third-order valence-corrected chi connectivity index (χ3v) is 2.95. The predicted molar refractivity (Wildman–Crippen MR) is 57.4 cm³/mol. The Labute approximate surface area is 86.9 Å². The van der Waals surface area contributed by atoms with Crippen molar-refractivity contribution in [2.75, 3.05) is 0 Å². The lowest BCUT2D eigenvalue weighted by atomic mass is 10.1. The van der Waals surface area contributed by atoms with Crippen molar-refractivity contribution in [2.45, 2.75) is 13.0 Å². The van der Waals surface area contributed by atoms with Gasteiger partial charge in [-0.3, -0.25) is 4.98 Å². The first-order valence-corrected chi connectivity index (χ1v) is 5.28. The highest BCUT2D eigenvalue weighted by Gasteiger charge is 2.11. The number of aliphatic hydroxyl groups excluding tert-OH is 1. The fourth-order valence-corrected chi connectivity index (χ4v) is 2.08. The molecule has 3 heteroatoms. The van der Waals surface area contributed by atoms with Crippen molar-refractivity contribution < 1.29 is 5.11 Å². The molecule has 1 atom stereocenters. The van der Waals surface area contributed by atoms with Gasteiger partial charge < -0.3 is 5.11 Å². The molecule has 2 aromatic rings. The molecule has 0 aliphatic carbocycles. The van der Waals surface area contributed by atoms with E-state index in [9.17, 15) is 5.11 Å². The van der Waals surface area contributed by atoms with Crippen LogP contribution in [0, 0.1) is 6.92 Å². The Bertz CT molecular complexity index is 411. The number of nitrogens with zero attached hydrogens (tertiary/aromatic N) is 1. The van der Waals surface area contributed by atoms with Crippen LogP contribution in [-0.2, 0) is 0 Å². The predicted octanol–water partition coefficient (Wildman–Crippen LogP) is 2.53. The molecule has 1 N–H and O–H groups in total. The van der Waals surface area contributed by atoms with Crippen LogP contribution in [0.1, 0.15) is 22.1 Å². The van der Waals surface area contributed by atoms with Gasteiger partial charge in [0, 0.05) is 22.8 Å². The minimum atomic E-state index is -0.539. The van der Waals surface area contributed by atoms with E-state index in [1.54, 1.807) is 23.7 Å². The van der Waals surface area contributed by atoms with Gasteiger partial charge in [-0.05, 0) is 23.9 Å². The van der Waals surface area contributed by atoms with E-state index in [1.165, 1.54) is 0 Å². The summed E-state index contributed by atoms with van der Waals surface area (Å²) in [6.45, 7) is 1.97. The fraction of sp³-hybridized carbons (Fsp3) is 0.182. The smallest absolute Gasteiger partial charge is 0.115 e. The van der Waals surface area contributed by atoms with Crippen LogP contribution in [0.3, 0.4) is 0 Å². The SMILES string of the molecule is Cc1cncc(C(O)c2cccs2)c1. The molecule has 0 amide bonds. The maximum Gasteiger partial charge on any atom is 0.115 e. The summed E-state index contributed by atoms with van der Waals surface area (Å²) in [5, 5.41) is 11.9. The van der Waals surface area contributed by atoms with Gasteiger partial charge in [-0.2, -0.15) is 0 Å². The molecule has 0 fully saturated rings. The standard InChI is InChI=1S/C11H11NOS/c1-8-5-9(7-12-6-8)11(13)10-3-2-4-14-10/h2-7,11,13H,1H3. The maximum absolute atomic E-state index is 9.98. The van der Waals surface area contributed by atoms with E-state index in [1.807, 2.05) is 30.5 Å². The molecule has 2 nitrogen and oxygen atoms in total. The Balaban J connectivity index is 2.32. The molecule has 0 saturated heterocycles. The summed E-state index contributed by atoms with van der Waals surface area (Å²) in [7, 11) is 0. The van der Waals surface area contributed by atoms with E-state index in [-0.39, 0.29) is 0 Å². The second kappa shape index (κ2) is 3.90. The monoisotopic (exact) mass is 205 g/mol. The van der Waals surface area contributed by atoms with Gasteiger partial charge in [0.05, 0.1) is 0 Å². The quantitative estimate of drug-likeness (QED) is 0.817. The number of aryl methyl sites for hydroxylation is 1. The Morgan fingerprint density at radius 3 is 2.93 bits per heavy atom. The van der Waals surface area contributed by atoms with Crippen molar-refractivity contribution in [1.29, 1.82) is 0 Å². The van der Waals surface area contributed by atoms with E-state index in [0.717, 1.165) is 16.0 Å². The Morgan fingerprint density at radius 2 is 2.29 bits per heavy atom. The van der Waals surface area contributed by atoms with Gasteiger partial charge in [-0.25, -0.2) is 0 Å². The number of hydrogen-bond acceptors (Lipinski definition) is 3. The molecular formula is C11H11NOS. The largest absolute Gasteiger partial charge is 0.383 e. The number of hydrogen-bond donors (Lipinski definition) is 1. The zero-order chi connectivity index (χ0) is 9.97. The summed E-state index contributed by atoms with van der Waals surface area (Å²) in [5.41, 5.74) is 1.92. The molecule has 0 aliphatic rings. The third-order valence-electron chi connectivity index (χ3n) is 2.02. The van der Waals surface area contributed by atoms with Crippen molar-refractivity contribution in [3.63, 3.8) is 0 Å². The molecule has 72 valence electrons. The van der Waals surface area contributed by atoms with Gasteiger partial charge in [-0.15, -0.1) is 11.3 Å². The number of thiophene rings is 1. The van der Waals surface area contributed by atoms with Gasteiger partial charge in [0.25, 0.3) is 0 Å². The van der Waals surface area contributed by atoms with Crippen molar-refractivity contribution in [3.05, 3.63) is 52.0 Å². The fourth-order valence-electron chi connectivity index (χ4n) is 1.34. The average Bonchev–Trinajstić information content (AvgIpc) is 2.69. The van der Waals surface area contributed by atoms with Crippen LogP contribution >= 0.6 is 11.3 Å². The third kappa shape index (κ3) is 1.84. The highest BCUT2D eigenvalue weighted by Crippen LogP contribution is 2.25. The van der Waals surface area contributed by atoms with Crippen LogP contribution < -0.4 is 0 Å². The molecule has 1 unspecified atom stereocenters. The van der Waals surface area contributed by atoms with Crippen molar-refractivity contribution >= 4 is 11.3 Å². The molecule has 2 aromatic heterocycles. The first-order valence-electron chi connectivity index (χ1n) is 4.40.